The van der Waals surface area contributed by atoms with Crippen molar-refractivity contribution in [2.75, 3.05) is 5.32 Å². The second-order valence-electron chi connectivity index (χ2n) is 5.66. The molecule has 0 radical (unpaired) electrons. The summed E-state index contributed by atoms with van der Waals surface area (Å²) in [6.45, 7) is 6.01. The van der Waals surface area contributed by atoms with E-state index in [1.54, 1.807) is 12.1 Å². The average Bonchev–Trinajstić information content (AvgIpc) is 3.06. The zero-order chi connectivity index (χ0) is 17.4. The van der Waals surface area contributed by atoms with E-state index in [0.717, 1.165) is 27.9 Å². The highest BCUT2D eigenvalue weighted by atomic mass is 19.3. The van der Waals surface area contributed by atoms with E-state index >= 15 is 0 Å². The Hall–Kier alpha value is -2.58. The number of hydrogen-bond acceptors (Lipinski definition) is 5. The second-order valence-corrected chi connectivity index (χ2v) is 5.66. The molecule has 0 aliphatic heterocycles. The van der Waals surface area contributed by atoms with E-state index in [4.69, 9.17) is 0 Å². The molecule has 7 nitrogen and oxygen atoms in total. The highest BCUT2D eigenvalue weighted by Crippen LogP contribution is 2.27. The van der Waals surface area contributed by atoms with Crippen molar-refractivity contribution in [3.63, 3.8) is 0 Å². The Morgan fingerprint density at radius 3 is 2.50 bits per heavy atom. The van der Waals surface area contributed by atoms with Gasteiger partial charge in [-0.3, -0.25) is 4.68 Å². The monoisotopic (exact) mass is 335 g/mol. The standard InChI is InChI=1S/C15H19F2N7/c1-5-10(13-8(2)21-23(4)9(13)3)18-11-6-7-12-19-20-15(14(16)17)24(12)22-11/h6-7,10,14H,5H2,1-4H3,(H,18,22). The molecule has 3 aromatic rings. The third-order valence-corrected chi connectivity index (χ3v) is 4.13. The maximum Gasteiger partial charge on any atom is 0.299 e. The van der Waals surface area contributed by atoms with Gasteiger partial charge in [-0.2, -0.15) is 9.61 Å². The van der Waals surface area contributed by atoms with Crippen LogP contribution in [0.2, 0.25) is 0 Å². The number of fused-ring (bicyclic) bond motifs is 1. The fourth-order valence-corrected chi connectivity index (χ4v) is 2.87. The maximum absolute atomic E-state index is 13.0. The fourth-order valence-electron chi connectivity index (χ4n) is 2.87. The number of halogens is 2. The molecule has 0 aliphatic carbocycles. The molecule has 0 bridgehead atoms. The van der Waals surface area contributed by atoms with Gasteiger partial charge in [0.05, 0.1) is 11.7 Å². The Morgan fingerprint density at radius 1 is 1.17 bits per heavy atom. The molecule has 1 N–H and O–H groups in total. The molecule has 3 rings (SSSR count). The number of anilines is 1. The van der Waals surface area contributed by atoms with E-state index < -0.39 is 12.2 Å². The molecule has 3 aromatic heterocycles. The minimum atomic E-state index is -2.73. The van der Waals surface area contributed by atoms with E-state index in [1.165, 1.54) is 0 Å². The SMILES string of the molecule is CCC(Nc1ccc2nnc(C(F)F)n2n1)c1c(C)nn(C)c1C. The highest BCUT2D eigenvalue weighted by Gasteiger charge is 2.21. The van der Waals surface area contributed by atoms with Crippen molar-refractivity contribution in [2.45, 2.75) is 39.7 Å². The highest BCUT2D eigenvalue weighted by molar-refractivity contribution is 5.46. The largest absolute Gasteiger partial charge is 0.362 e. The lowest BCUT2D eigenvalue weighted by Crippen LogP contribution is -2.14. The van der Waals surface area contributed by atoms with Crippen LogP contribution in [0.25, 0.3) is 5.65 Å². The second kappa shape index (κ2) is 6.14. The maximum atomic E-state index is 13.0. The Bertz CT molecular complexity index is 868. The zero-order valence-electron chi connectivity index (χ0n) is 14.0. The lowest BCUT2D eigenvalue weighted by Gasteiger charge is -2.18. The molecule has 0 spiro atoms. The summed E-state index contributed by atoms with van der Waals surface area (Å²) >= 11 is 0. The lowest BCUT2D eigenvalue weighted by molar-refractivity contribution is 0.137. The van der Waals surface area contributed by atoms with E-state index in [1.807, 2.05) is 32.5 Å². The molecule has 0 fully saturated rings. The predicted molar refractivity (Wildman–Crippen MR) is 85.1 cm³/mol. The summed E-state index contributed by atoms with van der Waals surface area (Å²) in [5, 5.41) is 19.1. The van der Waals surface area contributed by atoms with Crippen molar-refractivity contribution in [1.29, 1.82) is 0 Å². The molecule has 3 heterocycles. The zero-order valence-corrected chi connectivity index (χ0v) is 14.0. The van der Waals surface area contributed by atoms with Crippen molar-refractivity contribution in [1.82, 2.24) is 29.6 Å². The van der Waals surface area contributed by atoms with Gasteiger partial charge in [0.25, 0.3) is 6.43 Å². The summed E-state index contributed by atoms with van der Waals surface area (Å²) in [6, 6.07) is 3.31. The Morgan fingerprint density at radius 2 is 1.92 bits per heavy atom. The molecule has 0 saturated heterocycles. The molecule has 0 aliphatic rings. The number of alkyl halides is 2. The number of nitrogens with zero attached hydrogens (tertiary/aromatic N) is 6. The van der Waals surface area contributed by atoms with Crippen LogP contribution in [0.3, 0.4) is 0 Å². The summed E-state index contributed by atoms with van der Waals surface area (Å²) in [5.41, 5.74) is 3.39. The lowest BCUT2D eigenvalue weighted by atomic mass is 10.0. The topological polar surface area (TPSA) is 72.9 Å². The van der Waals surface area contributed by atoms with Crippen molar-refractivity contribution in [3.05, 3.63) is 34.9 Å². The molecular weight excluding hydrogens is 316 g/mol. The Balaban J connectivity index is 1.96. The van der Waals surface area contributed by atoms with Gasteiger partial charge in [0.1, 0.15) is 5.82 Å². The molecule has 0 amide bonds. The van der Waals surface area contributed by atoms with Gasteiger partial charge in [0.2, 0.25) is 5.82 Å². The minimum Gasteiger partial charge on any atom is -0.362 e. The number of aryl methyl sites for hydroxylation is 2. The summed E-state index contributed by atoms with van der Waals surface area (Å²) in [5.74, 6) is 0.0224. The minimum absolute atomic E-state index is 0.0184. The van der Waals surface area contributed by atoms with Crippen LogP contribution < -0.4 is 5.32 Å². The van der Waals surface area contributed by atoms with Crippen molar-refractivity contribution in [2.24, 2.45) is 7.05 Å². The smallest absolute Gasteiger partial charge is 0.299 e. The average molecular weight is 335 g/mol. The summed E-state index contributed by atoms with van der Waals surface area (Å²) in [6.07, 6.45) is -1.93. The van der Waals surface area contributed by atoms with Gasteiger partial charge in [-0.1, -0.05) is 6.92 Å². The van der Waals surface area contributed by atoms with Crippen LogP contribution in [0.4, 0.5) is 14.6 Å². The first-order chi connectivity index (χ1) is 11.4. The molecule has 1 unspecified atom stereocenters. The van der Waals surface area contributed by atoms with E-state index in [-0.39, 0.29) is 11.7 Å². The van der Waals surface area contributed by atoms with E-state index in [0.29, 0.717) is 5.82 Å². The number of rotatable bonds is 5. The molecule has 0 saturated carbocycles. The summed E-state index contributed by atoms with van der Waals surface area (Å²) in [4.78, 5) is 0. The van der Waals surface area contributed by atoms with Gasteiger partial charge in [0.15, 0.2) is 5.65 Å². The van der Waals surface area contributed by atoms with Gasteiger partial charge in [-0.25, -0.2) is 8.78 Å². The van der Waals surface area contributed by atoms with Crippen LogP contribution in [0, 0.1) is 13.8 Å². The molecule has 9 heteroatoms. The molecule has 128 valence electrons. The van der Waals surface area contributed by atoms with Crippen molar-refractivity contribution in [3.8, 4) is 0 Å². The number of hydrogen-bond donors (Lipinski definition) is 1. The van der Waals surface area contributed by atoms with E-state index in [2.05, 4.69) is 25.7 Å². The van der Waals surface area contributed by atoms with Gasteiger partial charge in [0, 0.05) is 18.3 Å². The van der Waals surface area contributed by atoms with Crippen LogP contribution in [0.15, 0.2) is 12.1 Å². The Labute approximate surface area is 137 Å². The first-order valence-electron chi connectivity index (χ1n) is 7.69. The van der Waals surface area contributed by atoms with E-state index in [9.17, 15) is 8.78 Å². The van der Waals surface area contributed by atoms with Gasteiger partial charge in [-0.05, 0) is 32.4 Å². The van der Waals surface area contributed by atoms with Gasteiger partial charge < -0.3 is 5.32 Å². The van der Waals surface area contributed by atoms with Crippen LogP contribution in [0.1, 0.15) is 48.6 Å². The molecule has 1 atom stereocenters. The Kier molecular flexibility index (Phi) is 4.16. The van der Waals surface area contributed by atoms with Crippen LogP contribution in [-0.2, 0) is 7.05 Å². The first-order valence-corrected chi connectivity index (χ1v) is 7.69. The van der Waals surface area contributed by atoms with Crippen LogP contribution in [0.5, 0.6) is 0 Å². The van der Waals surface area contributed by atoms with Crippen LogP contribution in [-0.4, -0.2) is 29.6 Å². The van der Waals surface area contributed by atoms with Crippen LogP contribution >= 0.6 is 0 Å². The normalized spacial score (nSPS) is 13.0. The molecule has 0 aromatic carbocycles. The third kappa shape index (κ3) is 2.70. The summed E-state index contributed by atoms with van der Waals surface area (Å²) in [7, 11) is 1.90. The third-order valence-electron chi connectivity index (χ3n) is 4.13. The van der Waals surface area contributed by atoms with Gasteiger partial charge in [-0.15, -0.1) is 15.3 Å². The number of aromatic nitrogens is 6. The van der Waals surface area contributed by atoms with Crippen molar-refractivity contribution < 1.29 is 8.78 Å². The fraction of sp³-hybridized carbons (Fsp3) is 0.467. The summed E-state index contributed by atoms with van der Waals surface area (Å²) < 4.78 is 28.8. The quantitative estimate of drug-likeness (QED) is 0.776. The molecule has 24 heavy (non-hydrogen) atoms. The van der Waals surface area contributed by atoms with Crippen molar-refractivity contribution >= 4 is 11.5 Å². The van der Waals surface area contributed by atoms with Gasteiger partial charge >= 0.3 is 0 Å². The number of nitrogens with one attached hydrogen (secondary N) is 1. The predicted octanol–water partition coefficient (Wildman–Crippen LogP) is 2.98. The molecular formula is C15H19F2N7. The first kappa shape index (κ1) is 16.3.